The fourth-order valence-electron chi connectivity index (χ4n) is 2.04. The molecule has 0 aliphatic heterocycles. The van der Waals surface area contributed by atoms with Crippen molar-refractivity contribution in [1.29, 1.82) is 0 Å². The highest BCUT2D eigenvalue weighted by Crippen LogP contribution is 2.25. The normalized spacial score (nSPS) is 10.2. The van der Waals surface area contributed by atoms with Gasteiger partial charge in [0.05, 0.1) is 18.8 Å². The van der Waals surface area contributed by atoms with Gasteiger partial charge in [0.25, 0.3) is 0 Å². The molecule has 25 heavy (non-hydrogen) atoms. The van der Waals surface area contributed by atoms with Crippen molar-refractivity contribution >= 4 is 27.9 Å². The van der Waals surface area contributed by atoms with Gasteiger partial charge in [-0.3, -0.25) is 0 Å². The van der Waals surface area contributed by atoms with Crippen LogP contribution in [0.1, 0.15) is 41.0 Å². The van der Waals surface area contributed by atoms with Crippen LogP contribution in [-0.2, 0) is 4.74 Å². The van der Waals surface area contributed by atoms with Crippen LogP contribution >= 0.6 is 15.9 Å². The van der Waals surface area contributed by atoms with Gasteiger partial charge < -0.3 is 14.2 Å². The Kier molecular flexibility index (Phi) is 7.01. The Morgan fingerprint density at radius 3 is 2.36 bits per heavy atom. The van der Waals surface area contributed by atoms with E-state index in [0.29, 0.717) is 35.8 Å². The molecule has 0 N–H and O–H groups in total. The highest BCUT2D eigenvalue weighted by molar-refractivity contribution is 9.10. The van der Waals surface area contributed by atoms with E-state index in [1.54, 1.807) is 49.4 Å². The molecule has 0 spiro atoms. The molecule has 5 nitrogen and oxygen atoms in total. The van der Waals surface area contributed by atoms with Gasteiger partial charge in [-0.15, -0.1) is 0 Å². The second-order valence-electron chi connectivity index (χ2n) is 5.12. The second-order valence-corrected chi connectivity index (χ2v) is 6.04. The predicted octanol–water partition coefficient (Wildman–Crippen LogP) is 4.63. The summed E-state index contributed by atoms with van der Waals surface area (Å²) >= 11 is 3.34. The van der Waals surface area contributed by atoms with Crippen LogP contribution in [0.25, 0.3) is 0 Å². The first-order valence-electron chi connectivity index (χ1n) is 7.96. The maximum absolute atomic E-state index is 12.5. The van der Waals surface area contributed by atoms with Gasteiger partial charge in [-0.1, -0.05) is 22.9 Å². The van der Waals surface area contributed by atoms with E-state index in [4.69, 9.17) is 14.2 Å². The van der Waals surface area contributed by atoms with E-state index in [1.165, 1.54) is 0 Å². The van der Waals surface area contributed by atoms with Gasteiger partial charge in [-0.05, 0) is 55.8 Å². The molecule has 0 unspecified atom stereocenters. The molecule has 2 aromatic rings. The number of carbonyl (C=O) groups excluding carboxylic acids is 2. The van der Waals surface area contributed by atoms with Crippen molar-refractivity contribution < 1.29 is 23.8 Å². The molecule has 0 saturated heterocycles. The summed E-state index contributed by atoms with van der Waals surface area (Å²) in [5, 5.41) is 0. The van der Waals surface area contributed by atoms with Crippen molar-refractivity contribution in [2.24, 2.45) is 0 Å². The number of ether oxygens (including phenoxy) is 3. The van der Waals surface area contributed by atoms with Gasteiger partial charge >= 0.3 is 11.9 Å². The van der Waals surface area contributed by atoms with Crippen molar-refractivity contribution in [1.82, 2.24) is 0 Å². The maximum atomic E-state index is 12.5. The number of benzene rings is 2. The summed E-state index contributed by atoms with van der Waals surface area (Å²) in [7, 11) is 0. The lowest BCUT2D eigenvalue weighted by atomic mass is 10.2. The number of halogens is 1. The molecule has 0 saturated carbocycles. The highest BCUT2D eigenvalue weighted by Gasteiger charge is 2.16. The lowest BCUT2D eigenvalue weighted by Gasteiger charge is -2.11. The lowest BCUT2D eigenvalue weighted by molar-refractivity contribution is 0.0526. The third kappa shape index (κ3) is 5.32. The van der Waals surface area contributed by atoms with Gasteiger partial charge in [0.2, 0.25) is 0 Å². The van der Waals surface area contributed by atoms with Crippen molar-refractivity contribution in [2.45, 2.75) is 20.3 Å². The molecule has 0 aliphatic rings. The van der Waals surface area contributed by atoms with Crippen LogP contribution in [0.5, 0.6) is 11.5 Å². The molecule has 0 bridgehead atoms. The molecule has 0 amide bonds. The molecule has 6 heteroatoms. The van der Waals surface area contributed by atoms with Crippen molar-refractivity contribution in [3.05, 3.63) is 58.1 Å². The zero-order valence-corrected chi connectivity index (χ0v) is 15.7. The molecule has 0 fully saturated rings. The van der Waals surface area contributed by atoms with Crippen molar-refractivity contribution in [3.8, 4) is 11.5 Å². The summed E-state index contributed by atoms with van der Waals surface area (Å²) in [6, 6.07) is 11.4. The lowest BCUT2D eigenvalue weighted by Crippen LogP contribution is -2.11. The molecule has 2 rings (SSSR count). The van der Waals surface area contributed by atoms with Crippen LogP contribution in [0.4, 0.5) is 0 Å². The van der Waals surface area contributed by atoms with E-state index in [9.17, 15) is 9.59 Å². The van der Waals surface area contributed by atoms with Crippen LogP contribution < -0.4 is 9.47 Å². The second kappa shape index (κ2) is 9.22. The number of rotatable bonds is 7. The summed E-state index contributed by atoms with van der Waals surface area (Å²) in [5.41, 5.74) is 0.730. The third-order valence-electron chi connectivity index (χ3n) is 3.20. The van der Waals surface area contributed by atoms with E-state index < -0.39 is 11.9 Å². The molecule has 0 aromatic heterocycles. The number of carbonyl (C=O) groups is 2. The van der Waals surface area contributed by atoms with E-state index in [-0.39, 0.29) is 0 Å². The van der Waals surface area contributed by atoms with E-state index >= 15 is 0 Å². The molecule has 132 valence electrons. The third-order valence-corrected chi connectivity index (χ3v) is 3.69. The summed E-state index contributed by atoms with van der Waals surface area (Å²) in [4.78, 5) is 24.1. The van der Waals surface area contributed by atoms with Gasteiger partial charge in [-0.25, -0.2) is 9.59 Å². The van der Waals surface area contributed by atoms with Gasteiger partial charge in [0.1, 0.15) is 17.1 Å². The zero-order chi connectivity index (χ0) is 18.2. The van der Waals surface area contributed by atoms with Crippen molar-refractivity contribution in [2.75, 3.05) is 13.2 Å². The minimum absolute atomic E-state index is 0.305. The number of hydrogen-bond donors (Lipinski definition) is 0. The summed E-state index contributed by atoms with van der Waals surface area (Å²) in [5.74, 6) is -0.142. The smallest absolute Gasteiger partial charge is 0.347 e. The average molecular weight is 407 g/mol. The van der Waals surface area contributed by atoms with Crippen LogP contribution in [0, 0.1) is 0 Å². The molecule has 0 heterocycles. The Morgan fingerprint density at radius 2 is 1.72 bits per heavy atom. The zero-order valence-electron chi connectivity index (χ0n) is 14.1. The molecule has 2 aromatic carbocycles. The standard InChI is InChI=1S/C19H19BrO5/c1-3-11-24-17-10-7-14(20)12-16(17)19(22)25-15-8-5-13(6-9-15)18(21)23-4-2/h5-10,12H,3-4,11H2,1-2H3. The monoisotopic (exact) mass is 406 g/mol. The summed E-state index contributed by atoms with van der Waals surface area (Å²) < 4.78 is 16.6. The Morgan fingerprint density at radius 1 is 1.00 bits per heavy atom. The Bertz CT molecular complexity index is 740. The number of hydrogen-bond acceptors (Lipinski definition) is 5. The number of esters is 2. The first-order valence-corrected chi connectivity index (χ1v) is 8.76. The van der Waals surface area contributed by atoms with Gasteiger partial charge in [0.15, 0.2) is 0 Å². The first-order chi connectivity index (χ1) is 12.0. The first kappa shape index (κ1) is 19.0. The Labute approximate surface area is 155 Å². The molecule has 0 atom stereocenters. The topological polar surface area (TPSA) is 61.8 Å². The molecule has 0 radical (unpaired) electrons. The Hall–Kier alpha value is -2.34. The van der Waals surface area contributed by atoms with Crippen LogP contribution in [0.15, 0.2) is 46.9 Å². The van der Waals surface area contributed by atoms with E-state index in [1.807, 2.05) is 6.92 Å². The fraction of sp³-hybridized carbons (Fsp3) is 0.263. The Balaban J connectivity index is 2.14. The van der Waals surface area contributed by atoms with E-state index in [2.05, 4.69) is 15.9 Å². The molecular weight excluding hydrogens is 388 g/mol. The van der Waals surface area contributed by atoms with Crippen molar-refractivity contribution in [3.63, 3.8) is 0 Å². The van der Waals surface area contributed by atoms with Crippen LogP contribution in [0.2, 0.25) is 0 Å². The van der Waals surface area contributed by atoms with Gasteiger partial charge in [0, 0.05) is 4.47 Å². The summed E-state index contributed by atoms with van der Waals surface area (Å²) in [6.45, 7) is 4.54. The predicted molar refractivity (Wildman–Crippen MR) is 97.3 cm³/mol. The largest absolute Gasteiger partial charge is 0.493 e. The minimum atomic E-state index is -0.531. The quantitative estimate of drug-likeness (QED) is 0.495. The average Bonchev–Trinajstić information content (AvgIpc) is 2.61. The van der Waals surface area contributed by atoms with E-state index in [0.717, 1.165) is 10.9 Å². The highest BCUT2D eigenvalue weighted by atomic mass is 79.9. The fourth-order valence-corrected chi connectivity index (χ4v) is 2.40. The molecular formula is C19H19BrO5. The summed E-state index contributed by atoms with van der Waals surface area (Å²) in [6.07, 6.45) is 0.833. The van der Waals surface area contributed by atoms with Gasteiger partial charge in [-0.2, -0.15) is 0 Å². The van der Waals surface area contributed by atoms with Crippen LogP contribution in [-0.4, -0.2) is 25.2 Å². The molecule has 0 aliphatic carbocycles. The minimum Gasteiger partial charge on any atom is -0.493 e. The SMILES string of the molecule is CCCOc1ccc(Br)cc1C(=O)Oc1ccc(C(=O)OCC)cc1. The maximum Gasteiger partial charge on any atom is 0.347 e. The van der Waals surface area contributed by atoms with Crippen LogP contribution in [0.3, 0.4) is 0 Å².